The Balaban J connectivity index is 1.60. The molecule has 2 heterocycles. The molecule has 0 saturated carbocycles. The number of nitrogens with two attached hydrogens (primary N) is 1. The third-order valence-corrected chi connectivity index (χ3v) is 8.86. The number of nitrogens with zero attached hydrogens (tertiary/aromatic N) is 4. The lowest BCUT2D eigenvalue weighted by Gasteiger charge is -2.32. The van der Waals surface area contributed by atoms with Crippen molar-refractivity contribution in [1.82, 2.24) is 4.98 Å². The third-order valence-electron chi connectivity index (χ3n) is 6.66. The highest BCUT2D eigenvalue weighted by Gasteiger charge is 2.33. The van der Waals surface area contributed by atoms with Gasteiger partial charge in [0.05, 0.1) is 43.5 Å². The molecule has 0 spiro atoms. The Morgan fingerprint density at radius 1 is 0.929 bits per heavy atom. The van der Waals surface area contributed by atoms with Gasteiger partial charge in [-0.1, -0.05) is 47.8 Å². The summed E-state index contributed by atoms with van der Waals surface area (Å²) in [4.78, 5) is 22.1. The number of nitriles is 2. The zero-order valence-electron chi connectivity index (χ0n) is 23.2. The van der Waals surface area contributed by atoms with Crippen LogP contribution in [0.3, 0.4) is 0 Å². The van der Waals surface area contributed by atoms with Crippen LogP contribution in [0.2, 0.25) is 0 Å². The SMILES string of the molecule is COc1cc(-c2c(C#N)c(N)nc(SC(C)C(=O)N3c4ccccc4Sc4ccccc43)c2C#N)cc(OC)c1OC. The molecule has 1 unspecified atom stereocenters. The summed E-state index contributed by atoms with van der Waals surface area (Å²) in [6.07, 6.45) is 0. The number of ether oxygens (including phenoxy) is 3. The Bertz CT molecular complexity index is 1730. The number of methoxy groups -OCH3 is 3. The van der Waals surface area contributed by atoms with Gasteiger partial charge in [0.25, 0.3) is 0 Å². The second-order valence-electron chi connectivity index (χ2n) is 9.04. The van der Waals surface area contributed by atoms with Gasteiger partial charge in [0.2, 0.25) is 11.7 Å². The fourth-order valence-corrected chi connectivity index (χ4v) is 6.75. The molecule has 0 fully saturated rings. The Hall–Kier alpha value is -4.84. The Morgan fingerprint density at radius 3 is 1.98 bits per heavy atom. The number of pyridine rings is 1. The normalized spacial score (nSPS) is 12.3. The number of thioether (sulfide) groups is 1. The van der Waals surface area contributed by atoms with E-state index >= 15 is 0 Å². The van der Waals surface area contributed by atoms with E-state index in [2.05, 4.69) is 17.1 Å². The largest absolute Gasteiger partial charge is 0.493 e. The molecule has 1 aliphatic heterocycles. The van der Waals surface area contributed by atoms with Crippen LogP contribution >= 0.6 is 23.5 Å². The van der Waals surface area contributed by atoms with Gasteiger partial charge < -0.3 is 19.9 Å². The molecule has 1 amide bonds. The number of carbonyl (C=O) groups is 1. The molecule has 42 heavy (non-hydrogen) atoms. The lowest BCUT2D eigenvalue weighted by atomic mass is 9.96. The summed E-state index contributed by atoms with van der Waals surface area (Å²) in [5.41, 5.74) is 8.68. The van der Waals surface area contributed by atoms with Gasteiger partial charge in [-0.05, 0) is 48.9 Å². The summed E-state index contributed by atoms with van der Waals surface area (Å²) in [6.45, 7) is 1.76. The summed E-state index contributed by atoms with van der Waals surface area (Å²) in [7, 11) is 4.43. The minimum Gasteiger partial charge on any atom is -0.493 e. The van der Waals surface area contributed by atoms with Crippen molar-refractivity contribution >= 4 is 46.6 Å². The van der Waals surface area contributed by atoms with E-state index < -0.39 is 5.25 Å². The standard InChI is InChI=1S/C31H25N5O4S2/c1-17(31(37)36-21-9-5-7-11-25(21)42-26-12-8-6-10-22(26)36)41-30-20(16-33)27(19(15-32)29(34)35-30)18-13-23(38-2)28(40-4)24(14-18)39-3/h5-14,17H,1-4H3,(H2,34,35). The first kappa shape index (κ1) is 28.7. The first-order valence-electron chi connectivity index (χ1n) is 12.7. The predicted molar refractivity (Wildman–Crippen MR) is 163 cm³/mol. The van der Waals surface area contributed by atoms with Crippen molar-refractivity contribution in [3.8, 4) is 40.5 Å². The lowest BCUT2D eigenvalue weighted by molar-refractivity contribution is -0.117. The van der Waals surface area contributed by atoms with Crippen molar-refractivity contribution in [2.45, 2.75) is 27.0 Å². The van der Waals surface area contributed by atoms with Gasteiger partial charge in [0.15, 0.2) is 11.5 Å². The first-order chi connectivity index (χ1) is 20.4. The Kier molecular flexibility index (Phi) is 8.16. The number of aromatic nitrogens is 1. The lowest BCUT2D eigenvalue weighted by Crippen LogP contribution is -2.34. The van der Waals surface area contributed by atoms with Gasteiger partial charge in [0, 0.05) is 15.4 Å². The van der Waals surface area contributed by atoms with Gasteiger partial charge in [-0.25, -0.2) is 4.98 Å². The molecule has 4 aromatic rings. The number of rotatable bonds is 7. The monoisotopic (exact) mass is 595 g/mol. The van der Waals surface area contributed by atoms with Crippen molar-refractivity contribution < 1.29 is 19.0 Å². The van der Waals surface area contributed by atoms with Crippen LogP contribution in [-0.4, -0.2) is 37.5 Å². The molecule has 3 aromatic carbocycles. The van der Waals surface area contributed by atoms with E-state index in [1.54, 1.807) is 35.7 Å². The maximum Gasteiger partial charge on any atom is 0.244 e. The fraction of sp³-hybridized carbons (Fsp3) is 0.161. The van der Waals surface area contributed by atoms with Crippen molar-refractivity contribution in [1.29, 1.82) is 10.5 Å². The van der Waals surface area contributed by atoms with Crippen LogP contribution in [0.25, 0.3) is 11.1 Å². The maximum atomic E-state index is 14.1. The smallest absolute Gasteiger partial charge is 0.244 e. The van der Waals surface area contributed by atoms with Gasteiger partial charge in [-0.3, -0.25) is 9.69 Å². The zero-order chi connectivity index (χ0) is 30.0. The number of hydrogen-bond donors (Lipinski definition) is 1. The minimum atomic E-state index is -0.672. The summed E-state index contributed by atoms with van der Waals surface area (Å²) in [5.74, 6) is 0.786. The number of anilines is 3. The second-order valence-corrected chi connectivity index (χ2v) is 11.4. The third kappa shape index (κ3) is 4.94. The summed E-state index contributed by atoms with van der Waals surface area (Å²) in [6, 6.07) is 23.0. The van der Waals surface area contributed by atoms with E-state index in [0.717, 1.165) is 32.9 Å². The van der Waals surface area contributed by atoms with Gasteiger partial charge in [0.1, 0.15) is 28.5 Å². The summed E-state index contributed by atoms with van der Waals surface area (Å²) >= 11 is 2.71. The van der Waals surface area contributed by atoms with Crippen LogP contribution in [0.4, 0.5) is 17.2 Å². The number of amides is 1. The molecule has 11 heteroatoms. The molecule has 1 aliphatic rings. The van der Waals surface area contributed by atoms with E-state index in [1.807, 2.05) is 48.5 Å². The predicted octanol–water partition coefficient (Wildman–Crippen LogP) is 6.41. The molecule has 0 bridgehead atoms. The highest BCUT2D eigenvalue weighted by atomic mass is 32.2. The average Bonchev–Trinajstić information content (AvgIpc) is 3.02. The van der Waals surface area contributed by atoms with Crippen LogP contribution in [0.5, 0.6) is 17.2 Å². The highest BCUT2D eigenvalue weighted by Crippen LogP contribution is 2.49. The van der Waals surface area contributed by atoms with Crippen molar-refractivity contribution in [3.05, 3.63) is 71.8 Å². The topological polar surface area (TPSA) is 134 Å². The van der Waals surface area contributed by atoms with E-state index in [1.165, 1.54) is 21.3 Å². The first-order valence-corrected chi connectivity index (χ1v) is 14.4. The Morgan fingerprint density at radius 2 is 1.48 bits per heavy atom. The quantitative estimate of drug-likeness (QED) is 0.239. The highest BCUT2D eigenvalue weighted by molar-refractivity contribution is 8.00. The number of para-hydroxylation sites is 2. The number of carbonyl (C=O) groups excluding carboxylic acids is 1. The van der Waals surface area contributed by atoms with E-state index in [0.29, 0.717) is 22.8 Å². The van der Waals surface area contributed by atoms with Crippen LogP contribution < -0.4 is 24.8 Å². The molecular formula is C31H25N5O4S2. The summed E-state index contributed by atoms with van der Waals surface area (Å²) in [5, 5.41) is 19.9. The second kappa shape index (κ2) is 12.0. The Labute approximate surface area is 251 Å². The molecule has 210 valence electrons. The number of nitrogen functional groups attached to an aromatic ring is 1. The van der Waals surface area contributed by atoms with Gasteiger partial charge >= 0.3 is 0 Å². The molecule has 0 radical (unpaired) electrons. The number of fused-ring (bicyclic) bond motifs is 2. The van der Waals surface area contributed by atoms with Crippen molar-refractivity contribution in [2.75, 3.05) is 32.0 Å². The molecule has 2 N–H and O–H groups in total. The van der Waals surface area contributed by atoms with E-state index in [-0.39, 0.29) is 33.4 Å². The molecule has 1 aromatic heterocycles. The molecular weight excluding hydrogens is 571 g/mol. The fourth-order valence-electron chi connectivity index (χ4n) is 4.74. The maximum absolute atomic E-state index is 14.1. The van der Waals surface area contributed by atoms with E-state index in [9.17, 15) is 15.3 Å². The number of benzene rings is 3. The van der Waals surface area contributed by atoms with Crippen LogP contribution in [0.1, 0.15) is 18.1 Å². The van der Waals surface area contributed by atoms with Crippen LogP contribution in [0.15, 0.2) is 75.5 Å². The molecule has 1 atom stereocenters. The van der Waals surface area contributed by atoms with E-state index in [4.69, 9.17) is 19.9 Å². The van der Waals surface area contributed by atoms with Gasteiger partial charge in [-0.15, -0.1) is 0 Å². The molecule has 0 saturated heterocycles. The molecule has 9 nitrogen and oxygen atoms in total. The zero-order valence-corrected chi connectivity index (χ0v) is 24.8. The van der Waals surface area contributed by atoms with Crippen LogP contribution in [-0.2, 0) is 4.79 Å². The molecule has 0 aliphatic carbocycles. The minimum absolute atomic E-state index is 0.0278. The van der Waals surface area contributed by atoms with Crippen molar-refractivity contribution in [3.63, 3.8) is 0 Å². The van der Waals surface area contributed by atoms with Crippen molar-refractivity contribution in [2.24, 2.45) is 0 Å². The van der Waals surface area contributed by atoms with Crippen LogP contribution in [0, 0.1) is 22.7 Å². The summed E-state index contributed by atoms with van der Waals surface area (Å²) < 4.78 is 16.4. The molecule has 5 rings (SSSR count). The average molecular weight is 596 g/mol. The van der Waals surface area contributed by atoms with Gasteiger partial charge in [-0.2, -0.15) is 10.5 Å². The number of hydrogen-bond acceptors (Lipinski definition) is 10.